The van der Waals surface area contributed by atoms with Gasteiger partial charge in [0.15, 0.2) is 23.2 Å². The van der Waals surface area contributed by atoms with Crippen molar-refractivity contribution < 1.29 is 9.13 Å². The number of hydrogen-bond acceptors (Lipinski definition) is 4. The Morgan fingerprint density at radius 3 is 2.67 bits per heavy atom. The van der Waals surface area contributed by atoms with Crippen molar-refractivity contribution in [1.29, 1.82) is 0 Å². The number of H-pyrrole nitrogens is 1. The molecule has 0 spiro atoms. The average molecular weight is 389 g/mol. The second kappa shape index (κ2) is 8.50. The largest absolute Gasteiger partial charge is 0.494 e. The van der Waals surface area contributed by atoms with Crippen LogP contribution in [0.4, 0.5) is 4.39 Å². The number of rotatable bonds is 5. The molecule has 2 aromatic carbocycles. The van der Waals surface area contributed by atoms with Crippen LogP contribution in [0.25, 0.3) is 22.8 Å². The Kier molecular flexibility index (Phi) is 6.08. The van der Waals surface area contributed by atoms with Gasteiger partial charge in [0.05, 0.1) is 7.11 Å². The van der Waals surface area contributed by atoms with Crippen molar-refractivity contribution in [2.24, 2.45) is 0 Å². The Labute approximate surface area is 164 Å². The summed E-state index contributed by atoms with van der Waals surface area (Å²) in [6, 6.07) is 13.0. The van der Waals surface area contributed by atoms with Crippen LogP contribution in [-0.4, -0.2) is 40.3 Å². The van der Waals surface area contributed by atoms with E-state index in [4.69, 9.17) is 4.74 Å². The van der Waals surface area contributed by atoms with Crippen molar-refractivity contribution in [3.63, 3.8) is 0 Å². The van der Waals surface area contributed by atoms with Crippen molar-refractivity contribution in [1.82, 2.24) is 20.1 Å². The zero-order valence-electron chi connectivity index (χ0n) is 15.1. The molecule has 1 aliphatic rings. The first kappa shape index (κ1) is 19.3. The van der Waals surface area contributed by atoms with E-state index in [0.717, 1.165) is 25.2 Å². The zero-order chi connectivity index (χ0) is 17.9. The van der Waals surface area contributed by atoms with E-state index in [1.165, 1.54) is 31.6 Å². The van der Waals surface area contributed by atoms with Gasteiger partial charge in [-0.2, -0.15) is 5.10 Å². The lowest BCUT2D eigenvalue weighted by Gasteiger charge is -2.14. The summed E-state index contributed by atoms with van der Waals surface area (Å²) in [7, 11) is 1.44. The summed E-state index contributed by atoms with van der Waals surface area (Å²) in [5.41, 5.74) is 2.85. The summed E-state index contributed by atoms with van der Waals surface area (Å²) in [6.07, 6.45) is 2.56. The molecule has 5 nitrogen and oxygen atoms in total. The van der Waals surface area contributed by atoms with E-state index in [2.05, 4.69) is 32.2 Å². The lowest BCUT2D eigenvalue weighted by Crippen LogP contribution is -2.18. The lowest BCUT2D eigenvalue weighted by molar-refractivity contribution is 0.331. The van der Waals surface area contributed by atoms with Crippen LogP contribution in [0.15, 0.2) is 42.5 Å². The third-order valence-electron chi connectivity index (χ3n) is 4.70. The summed E-state index contributed by atoms with van der Waals surface area (Å²) in [6.45, 7) is 3.28. The summed E-state index contributed by atoms with van der Waals surface area (Å²) >= 11 is 0. The van der Waals surface area contributed by atoms with Crippen molar-refractivity contribution in [2.75, 3.05) is 20.2 Å². The minimum atomic E-state index is -0.421. The quantitative estimate of drug-likeness (QED) is 0.707. The SMILES string of the molecule is COc1ccc(-c2nc(-c3cccc(CN4CCCC4)c3)n[nH]2)cc1F.Cl. The van der Waals surface area contributed by atoms with E-state index < -0.39 is 5.82 Å². The third kappa shape index (κ3) is 4.28. The number of halogens is 2. The van der Waals surface area contributed by atoms with Gasteiger partial charge in [0.2, 0.25) is 0 Å². The maximum absolute atomic E-state index is 13.9. The van der Waals surface area contributed by atoms with Gasteiger partial charge in [0.1, 0.15) is 0 Å². The fourth-order valence-electron chi connectivity index (χ4n) is 3.34. The van der Waals surface area contributed by atoms with Gasteiger partial charge >= 0.3 is 0 Å². The van der Waals surface area contributed by atoms with E-state index in [0.29, 0.717) is 17.2 Å². The predicted octanol–water partition coefficient (Wildman–Crippen LogP) is 4.30. The lowest BCUT2D eigenvalue weighted by atomic mass is 10.1. The highest BCUT2D eigenvalue weighted by Gasteiger charge is 2.14. The first-order chi connectivity index (χ1) is 12.7. The van der Waals surface area contributed by atoms with Gasteiger partial charge in [0.25, 0.3) is 0 Å². The number of hydrogen-bond donors (Lipinski definition) is 1. The van der Waals surface area contributed by atoms with Crippen molar-refractivity contribution in [3.8, 4) is 28.5 Å². The second-order valence-electron chi connectivity index (χ2n) is 6.54. The maximum Gasteiger partial charge on any atom is 0.181 e. The van der Waals surface area contributed by atoms with Crippen LogP contribution in [0, 0.1) is 5.82 Å². The van der Waals surface area contributed by atoms with Crippen LogP contribution >= 0.6 is 12.4 Å². The fourth-order valence-corrected chi connectivity index (χ4v) is 3.34. The molecule has 0 amide bonds. The Hall–Kier alpha value is -2.44. The molecule has 3 aromatic rings. The minimum absolute atomic E-state index is 0. The number of benzene rings is 2. The monoisotopic (exact) mass is 388 g/mol. The van der Waals surface area contributed by atoms with E-state index >= 15 is 0 Å². The summed E-state index contributed by atoms with van der Waals surface area (Å²) < 4.78 is 18.9. The topological polar surface area (TPSA) is 54.0 Å². The zero-order valence-corrected chi connectivity index (χ0v) is 15.9. The van der Waals surface area contributed by atoms with Crippen molar-refractivity contribution in [2.45, 2.75) is 19.4 Å². The molecule has 0 saturated carbocycles. The highest BCUT2D eigenvalue weighted by atomic mass is 35.5. The van der Waals surface area contributed by atoms with Gasteiger partial charge in [-0.3, -0.25) is 10.00 Å². The third-order valence-corrected chi connectivity index (χ3v) is 4.70. The number of nitrogens with one attached hydrogen (secondary N) is 1. The highest BCUT2D eigenvalue weighted by molar-refractivity contribution is 5.85. The van der Waals surface area contributed by atoms with Crippen LogP contribution in [0.3, 0.4) is 0 Å². The molecule has 0 aliphatic carbocycles. The van der Waals surface area contributed by atoms with E-state index in [1.54, 1.807) is 12.1 Å². The molecule has 2 heterocycles. The molecule has 142 valence electrons. The second-order valence-corrected chi connectivity index (χ2v) is 6.54. The van der Waals surface area contributed by atoms with E-state index in [1.807, 2.05) is 12.1 Å². The first-order valence-corrected chi connectivity index (χ1v) is 8.81. The fraction of sp³-hybridized carbons (Fsp3) is 0.300. The maximum atomic E-state index is 13.9. The number of ether oxygens (including phenoxy) is 1. The molecule has 27 heavy (non-hydrogen) atoms. The normalized spacial score (nSPS) is 14.1. The molecular weight excluding hydrogens is 367 g/mol. The predicted molar refractivity (Wildman–Crippen MR) is 106 cm³/mol. The standard InChI is InChI=1S/C20H21FN4O.ClH/c1-26-18-8-7-16(12-17(18)21)20-22-19(23-24-20)15-6-4-5-14(11-15)13-25-9-2-3-10-25;/h4-8,11-12H,2-3,9-10,13H2,1H3,(H,22,23,24);1H. The molecule has 0 atom stereocenters. The Bertz CT molecular complexity index is 909. The summed E-state index contributed by atoms with van der Waals surface area (Å²) in [4.78, 5) is 6.99. The highest BCUT2D eigenvalue weighted by Crippen LogP contribution is 2.25. The van der Waals surface area contributed by atoms with Crippen LogP contribution in [0.1, 0.15) is 18.4 Å². The van der Waals surface area contributed by atoms with Crippen molar-refractivity contribution >= 4 is 12.4 Å². The molecule has 0 radical (unpaired) electrons. The van der Waals surface area contributed by atoms with E-state index in [9.17, 15) is 4.39 Å². The Morgan fingerprint density at radius 2 is 1.93 bits per heavy atom. The number of aromatic nitrogens is 3. The van der Waals surface area contributed by atoms with Crippen LogP contribution in [-0.2, 0) is 6.54 Å². The Balaban J connectivity index is 0.00000210. The van der Waals surface area contributed by atoms with Gasteiger partial charge < -0.3 is 4.74 Å². The minimum Gasteiger partial charge on any atom is -0.494 e. The van der Waals surface area contributed by atoms with Crippen LogP contribution in [0.2, 0.25) is 0 Å². The Morgan fingerprint density at radius 1 is 1.11 bits per heavy atom. The number of aromatic amines is 1. The van der Waals surface area contributed by atoms with Gasteiger partial charge in [0, 0.05) is 17.7 Å². The molecule has 4 rings (SSSR count). The molecule has 0 bridgehead atoms. The van der Waals surface area contributed by atoms with Crippen molar-refractivity contribution in [3.05, 3.63) is 53.8 Å². The smallest absolute Gasteiger partial charge is 0.181 e. The van der Waals surface area contributed by atoms with Gasteiger partial charge in [-0.1, -0.05) is 18.2 Å². The number of nitrogens with zero attached hydrogens (tertiary/aromatic N) is 3. The molecule has 1 N–H and O–H groups in total. The number of likely N-dealkylation sites (tertiary alicyclic amines) is 1. The summed E-state index contributed by atoms with van der Waals surface area (Å²) in [5, 5.41) is 7.20. The molecule has 7 heteroatoms. The molecule has 1 aromatic heterocycles. The first-order valence-electron chi connectivity index (χ1n) is 8.81. The molecule has 1 aliphatic heterocycles. The molecular formula is C20H22ClFN4O. The molecule has 1 saturated heterocycles. The average Bonchev–Trinajstić information content (AvgIpc) is 3.34. The molecule has 0 unspecified atom stereocenters. The van der Waals surface area contributed by atoms with E-state index in [-0.39, 0.29) is 18.2 Å². The summed E-state index contributed by atoms with van der Waals surface area (Å²) in [5.74, 6) is 0.935. The van der Waals surface area contributed by atoms with Gasteiger partial charge in [-0.25, -0.2) is 9.37 Å². The van der Waals surface area contributed by atoms with Gasteiger partial charge in [-0.15, -0.1) is 12.4 Å². The van der Waals surface area contributed by atoms with Crippen LogP contribution in [0.5, 0.6) is 5.75 Å². The molecule has 1 fully saturated rings. The van der Waals surface area contributed by atoms with Gasteiger partial charge in [-0.05, 0) is 55.8 Å². The number of methoxy groups -OCH3 is 1. The van der Waals surface area contributed by atoms with Crippen LogP contribution < -0.4 is 4.74 Å².